The van der Waals surface area contributed by atoms with Crippen molar-refractivity contribution >= 4 is 32.5 Å². The van der Waals surface area contributed by atoms with E-state index in [1.165, 1.54) is 24.3 Å². The van der Waals surface area contributed by atoms with Gasteiger partial charge < -0.3 is 14.9 Å². The number of benzene rings is 2. The zero-order valence-corrected chi connectivity index (χ0v) is 19.7. The van der Waals surface area contributed by atoms with Gasteiger partial charge in [-0.25, -0.2) is 9.78 Å². The van der Waals surface area contributed by atoms with E-state index in [9.17, 15) is 43.9 Å². The van der Waals surface area contributed by atoms with Gasteiger partial charge in [-0.3, -0.25) is 39.5 Å². The number of nitrogens with one attached hydrogen (secondary N) is 1. The number of non-ortho nitro benzene ring substituents is 2. The third kappa shape index (κ3) is 8.83. The van der Waals surface area contributed by atoms with Crippen LogP contribution in [0, 0.1) is 20.2 Å². The molecule has 2 aromatic rings. The van der Waals surface area contributed by atoms with E-state index < -0.39 is 56.3 Å². The number of nitrogens with zero attached hydrogens (tertiary/aromatic N) is 2. The summed E-state index contributed by atoms with van der Waals surface area (Å²) in [6.07, 6.45) is 0. The Kier molecular flexibility index (Phi) is 10.3. The van der Waals surface area contributed by atoms with Crippen molar-refractivity contribution in [3.63, 3.8) is 0 Å². The Hall–Kier alpha value is -3.11. The first-order valence-corrected chi connectivity index (χ1v) is 12.8. The fourth-order valence-corrected chi connectivity index (χ4v) is 5.36. The van der Waals surface area contributed by atoms with Crippen LogP contribution in [0.5, 0.6) is 0 Å². The number of carboxylic acid groups (broad SMARTS) is 1. The van der Waals surface area contributed by atoms with E-state index in [1.54, 1.807) is 0 Å². The van der Waals surface area contributed by atoms with Crippen molar-refractivity contribution in [2.24, 2.45) is 0 Å². The van der Waals surface area contributed by atoms with E-state index in [0.717, 1.165) is 24.3 Å². The minimum absolute atomic E-state index is 0.225. The Morgan fingerprint density at radius 3 is 1.50 bits per heavy atom. The molecule has 4 N–H and O–H groups in total. The molecule has 17 nitrogen and oxygen atoms in total. The number of aliphatic carboxylic acids is 1. The molecule has 0 amide bonds. The molecule has 0 heterocycles. The second kappa shape index (κ2) is 12.7. The molecule has 2 atom stereocenters. The molecule has 0 bridgehead atoms. The summed E-state index contributed by atoms with van der Waals surface area (Å²) < 4.78 is 33.9. The van der Waals surface area contributed by atoms with Gasteiger partial charge in [0.25, 0.3) is 11.4 Å². The molecule has 0 saturated carbocycles. The predicted octanol–water partition coefficient (Wildman–Crippen LogP) is 2.43. The van der Waals surface area contributed by atoms with Crippen molar-refractivity contribution in [2.45, 2.75) is 18.7 Å². The molecule has 196 valence electrons. The maximum atomic E-state index is 12.6. The molecular formula is C17H19N3O14P2. The van der Waals surface area contributed by atoms with Gasteiger partial charge in [0.2, 0.25) is 5.52 Å². The first-order valence-electron chi connectivity index (χ1n) is 9.51. The molecule has 19 heteroatoms. The van der Waals surface area contributed by atoms with E-state index in [4.69, 9.17) is 5.11 Å². The summed E-state index contributed by atoms with van der Waals surface area (Å²) in [6.45, 7) is -2.08. The summed E-state index contributed by atoms with van der Waals surface area (Å²) in [5.74, 6) is -1.56. The van der Waals surface area contributed by atoms with Crippen LogP contribution in [-0.2, 0) is 46.3 Å². The quantitative estimate of drug-likeness (QED) is 0.107. The van der Waals surface area contributed by atoms with Crippen LogP contribution in [0.3, 0.4) is 0 Å². The summed E-state index contributed by atoms with van der Waals surface area (Å²) >= 11 is 0. The molecule has 0 aliphatic rings. The van der Waals surface area contributed by atoms with Gasteiger partial charge in [-0.15, -0.1) is 9.35 Å². The minimum Gasteiger partial charge on any atom is -0.480 e. The lowest BCUT2D eigenvalue weighted by molar-refractivity contribution is -0.385. The summed E-state index contributed by atoms with van der Waals surface area (Å²) in [6, 6.07) is 9.57. The van der Waals surface area contributed by atoms with Gasteiger partial charge in [-0.1, -0.05) is 0 Å². The molecule has 2 unspecified atom stereocenters. The van der Waals surface area contributed by atoms with Crippen LogP contribution in [0.2, 0.25) is 0 Å². The maximum absolute atomic E-state index is 12.6. The number of nitro benzene ring substituents is 2. The first-order chi connectivity index (χ1) is 16.8. The van der Waals surface area contributed by atoms with Crippen LogP contribution in [-0.4, -0.2) is 42.8 Å². The lowest BCUT2D eigenvalue weighted by Crippen LogP contribution is -2.34. The molecule has 2 aromatic carbocycles. The zero-order chi connectivity index (χ0) is 26.9. The third-order valence-corrected chi connectivity index (χ3v) is 8.11. The number of carboxylic acids is 1. The molecule has 0 aliphatic carbocycles. The van der Waals surface area contributed by atoms with E-state index >= 15 is 0 Å². The highest BCUT2D eigenvalue weighted by molar-refractivity contribution is 7.71. The molecule has 0 aliphatic heterocycles. The highest BCUT2D eigenvalue weighted by Gasteiger charge is 2.49. The molecule has 36 heavy (non-hydrogen) atoms. The van der Waals surface area contributed by atoms with Gasteiger partial charge in [0.1, 0.15) is 13.2 Å². The van der Waals surface area contributed by atoms with Crippen LogP contribution >= 0.6 is 15.2 Å². The molecule has 0 fully saturated rings. The van der Waals surface area contributed by atoms with Gasteiger partial charge in [0.05, 0.1) is 16.4 Å². The van der Waals surface area contributed by atoms with Crippen molar-refractivity contribution in [3.05, 3.63) is 79.9 Å². The highest BCUT2D eigenvalue weighted by atomic mass is 31.2. The number of rotatable bonds is 15. The van der Waals surface area contributed by atoms with Crippen molar-refractivity contribution in [2.75, 3.05) is 6.54 Å². The Morgan fingerprint density at radius 2 is 1.19 bits per heavy atom. The molecular weight excluding hydrogens is 532 g/mol. The van der Waals surface area contributed by atoms with E-state index in [-0.39, 0.29) is 22.5 Å². The van der Waals surface area contributed by atoms with Crippen molar-refractivity contribution in [3.8, 4) is 0 Å². The second-order valence-corrected chi connectivity index (χ2v) is 10.8. The Morgan fingerprint density at radius 1 is 0.833 bits per heavy atom. The minimum atomic E-state index is -5.27. The van der Waals surface area contributed by atoms with Crippen LogP contribution < -0.4 is 5.32 Å². The van der Waals surface area contributed by atoms with Crippen LogP contribution in [0.4, 0.5) is 11.4 Å². The van der Waals surface area contributed by atoms with Crippen molar-refractivity contribution in [1.82, 2.24) is 5.32 Å². The van der Waals surface area contributed by atoms with Crippen molar-refractivity contribution in [1.29, 1.82) is 0 Å². The van der Waals surface area contributed by atoms with Crippen LogP contribution in [0.1, 0.15) is 11.1 Å². The van der Waals surface area contributed by atoms with Gasteiger partial charge >= 0.3 is 21.2 Å². The van der Waals surface area contributed by atoms with E-state index in [0.29, 0.717) is 0 Å². The number of nitro groups is 2. The standard InChI is InChI=1S/C17H19N3O14P2/c21-16(22)9-18-17(35(27,28)33-31-10-12-1-5-14(6-2-12)19(23)24)36(29,30)34-32-11-13-3-7-15(8-4-13)20(25)26/h1-8,17-18H,9-11H2,(H,21,22)(H,27,28)(H,29,30). The molecule has 0 aromatic heterocycles. The van der Waals surface area contributed by atoms with Crippen molar-refractivity contribution < 1.29 is 57.8 Å². The highest BCUT2D eigenvalue weighted by Crippen LogP contribution is 2.64. The smallest absolute Gasteiger partial charge is 0.384 e. The lowest BCUT2D eigenvalue weighted by Gasteiger charge is -2.24. The topological polar surface area (TPSA) is 247 Å². The fraction of sp³-hybridized carbons (Fsp3) is 0.235. The third-order valence-electron chi connectivity index (χ3n) is 4.12. The maximum Gasteiger partial charge on any atom is 0.384 e. The molecule has 0 radical (unpaired) electrons. The second-order valence-electron chi connectivity index (χ2n) is 6.80. The summed E-state index contributed by atoms with van der Waals surface area (Å²) in [7, 11) is -10.5. The average molecular weight is 551 g/mol. The number of hydrogen-bond acceptors (Lipinski definition) is 12. The van der Waals surface area contributed by atoms with E-state index in [2.05, 4.69) is 19.1 Å². The lowest BCUT2D eigenvalue weighted by atomic mass is 10.2. The summed E-state index contributed by atoms with van der Waals surface area (Å²) in [5, 5.41) is 32.0. The molecule has 2 rings (SSSR count). The molecule has 0 saturated heterocycles. The zero-order valence-electron chi connectivity index (χ0n) is 17.9. The Bertz CT molecular complexity index is 1090. The van der Waals surface area contributed by atoms with E-state index in [1.807, 2.05) is 5.32 Å². The van der Waals surface area contributed by atoms with Gasteiger partial charge in [-0.2, -0.15) is 0 Å². The van der Waals surface area contributed by atoms with Gasteiger partial charge in [-0.05, 0) is 35.4 Å². The van der Waals surface area contributed by atoms with Crippen LogP contribution in [0.15, 0.2) is 48.5 Å². The largest absolute Gasteiger partial charge is 0.480 e. The average Bonchev–Trinajstić information content (AvgIpc) is 2.79. The first kappa shape index (κ1) is 29.1. The Balaban J connectivity index is 2.03. The molecule has 0 spiro atoms. The number of carbonyl (C=O) groups is 1. The number of hydrogen-bond donors (Lipinski definition) is 4. The summed E-state index contributed by atoms with van der Waals surface area (Å²) in [4.78, 5) is 60.4. The van der Waals surface area contributed by atoms with Gasteiger partial charge in [0.15, 0.2) is 0 Å². The van der Waals surface area contributed by atoms with Crippen LogP contribution in [0.25, 0.3) is 0 Å². The predicted molar refractivity (Wildman–Crippen MR) is 117 cm³/mol. The monoisotopic (exact) mass is 551 g/mol. The normalized spacial score (nSPS) is 15.4. The fourth-order valence-electron chi connectivity index (χ4n) is 2.44. The Labute approximate surface area is 201 Å². The summed E-state index contributed by atoms with van der Waals surface area (Å²) in [5.41, 5.74) is -2.44. The SMILES string of the molecule is O=C(O)CNC(P(=O)(O)OOCc1ccc([N+](=O)[O-])cc1)P(=O)(O)OOCc1ccc([N+](=O)[O-])cc1. The van der Waals surface area contributed by atoms with Gasteiger partial charge in [0, 0.05) is 24.3 Å².